The van der Waals surface area contributed by atoms with Gasteiger partial charge in [0.15, 0.2) is 11.7 Å². The first-order valence-electron chi connectivity index (χ1n) is 11.4. The Morgan fingerprint density at radius 3 is 2.44 bits per heavy atom. The summed E-state index contributed by atoms with van der Waals surface area (Å²) in [5, 5.41) is 5.25. The Balaban J connectivity index is 2.09. The zero-order valence-corrected chi connectivity index (χ0v) is 21.8. The number of carbonyl (C=O) groups excluding carboxylic acids is 4. The first kappa shape index (κ1) is 29.2. The van der Waals surface area contributed by atoms with Gasteiger partial charge in [0.2, 0.25) is 11.8 Å². The first-order valence-corrected chi connectivity index (χ1v) is 12.2. The van der Waals surface area contributed by atoms with Crippen molar-refractivity contribution in [2.45, 2.75) is 44.8 Å². The van der Waals surface area contributed by atoms with Crippen molar-refractivity contribution >= 4 is 45.4 Å². The first-order chi connectivity index (χ1) is 17.0. The van der Waals surface area contributed by atoms with Crippen molar-refractivity contribution in [2.75, 3.05) is 26.6 Å². The lowest BCUT2D eigenvalue weighted by atomic mass is 10.0. The molecule has 0 bridgehead atoms. The number of alkyl halides is 1. The lowest BCUT2D eigenvalue weighted by Gasteiger charge is -2.30. The monoisotopic (exact) mass is 570 g/mol. The summed E-state index contributed by atoms with van der Waals surface area (Å²) in [6.07, 6.45) is 0.445. The number of hydrogen-bond acceptors (Lipinski definition) is 6. The molecule has 11 nitrogen and oxygen atoms in total. The normalized spacial score (nSPS) is 16.8. The van der Waals surface area contributed by atoms with Crippen molar-refractivity contribution in [1.82, 2.24) is 15.5 Å². The van der Waals surface area contributed by atoms with Crippen LogP contribution in [0.4, 0.5) is 4.39 Å². The Labute approximate surface area is 217 Å². The van der Waals surface area contributed by atoms with Gasteiger partial charge in [-0.05, 0) is 43.0 Å². The van der Waals surface area contributed by atoms with Crippen molar-refractivity contribution in [3.05, 3.63) is 34.3 Å². The summed E-state index contributed by atoms with van der Waals surface area (Å²) in [5.41, 5.74) is 10.9. The van der Waals surface area contributed by atoms with E-state index in [1.807, 2.05) is 0 Å². The molecule has 0 aliphatic carbocycles. The van der Waals surface area contributed by atoms with Crippen LogP contribution in [0.5, 0.6) is 0 Å². The highest BCUT2D eigenvalue weighted by atomic mass is 79.9. The van der Waals surface area contributed by atoms with Gasteiger partial charge in [-0.25, -0.2) is 4.39 Å². The highest BCUT2D eigenvalue weighted by Crippen LogP contribution is 2.17. The molecule has 3 atom stereocenters. The number of Topliss-reactive ketones (excluding diaryl/α,β-unsaturated/α-hetero) is 1. The predicted molar refractivity (Wildman–Crippen MR) is 135 cm³/mol. The number of amides is 3. The number of nitrogens with one attached hydrogen (secondary N) is 2. The van der Waals surface area contributed by atoms with E-state index in [4.69, 9.17) is 16.2 Å². The van der Waals surface area contributed by atoms with Crippen molar-refractivity contribution in [3.8, 4) is 0 Å². The number of halogens is 2. The Morgan fingerprint density at radius 1 is 1.19 bits per heavy atom. The Morgan fingerprint density at radius 2 is 1.86 bits per heavy atom. The van der Waals surface area contributed by atoms with Gasteiger partial charge in [0.05, 0.1) is 12.6 Å². The molecule has 0 aromatic heterocycles. The van der Waals surface area contributed by atoms with Crippen LogP contribution in [0.2, 0.25) is 0 Å². The predicted octanol–water partition coefficient (Wildman–Crippen LogP) is 0.465. The van der Waals surface area contributed by atoms with Gasteiger partial charge in [-0.1, -0.05) is 29.8 Å². The van der Waals surface area contributed by atoms with Gasteiger partial charge in [0.25, 0.3) is 5.91 Å². The van der Waals surface area contributed by atoms with E-state index in [1.54, 1.807) is 38.1 Å². The summed E-state index contributed by atoms with van der Waals surface area (Å²) in [4.78, 5) is 56.1. The number of nitrogens with two attached hydrogens (primary N) is 2. The molecule has 1 aromatic carbocycles. The number of ether oxygens (including phenoxy) is 1. The third kappa shape index (κ3) is 8.26. The number of rotatable bonds is 12. The Kier molecular flexibility index (Phi) is 11.2. The quantitative estimate of drug-likeness (QED) is 0.161. The van der Waals surface area contributed by atoms with Crippen LogP contribution in [0, 0.1) is 5.92 Å². The average Bonchev–Trinajstić information content (AvgIpc) is 3.33. The summed E-state index contributed by atoms with van der Waals surface area (Å²) in [6.45, 7) is 2.22. The van der Waals surface area contributed by atoms with Crippen molar-refractivity contribution in [2.24, 2.45) is 22.4 Å². The molecule has 6 N–H and O–H groups in total. The van der Waals surface area contributed by atoms with Crippen LogP contribution in [0.15, 0.2) is 33.7 Å². The molecule has 1 aromatic rings. The molecule has 13 heteroatoms. The fourth-order valence-corrected chi connectivity index (χ4v) is 3.84. The van der Waals surface area contributed by atoms with Gasteiger partial charge in [-0.3, -0.25) is 24.2 Å². The van der Waals surface area contributed by atoms with E-state index in [-0.39, 0.29) is 38.2 Å². The SMILES string of the molecule is CC(C)C(NC(=O)c1ccc(Br)cc1)C(=O)N1COCC1C(=O)NC(CCCN=C(N)N)C(=O)CF. The van der Waals surface area contributed by atoms with Gasteiger partial charge < -0.3 is 31.7 Å². The largest absolute Gasteiger partial charge is 0.370 e. The van der Waals surface area contributed by atoms with E-state index in [0.717, 1.165) is 4.47 Å². The van der Waals surface area contributed by atoms with Crippen LogP contribution >= 0.6 is 15.9 Å². The maximum absolute atomic E-state index is 13.4. The number of ketones is 1. The molecule has 1 fully saturated rings. The molecule has 1 heterocycles. The van der Waals surface area contributed by atoms with Crippen LogP contribution in [0.25, 0.3) is 0 Å². The van der Waals surface area contributed by atoms with Crippen molar-refractivity contribution in [3.63, 3.8) is 0 Å². The number of guanidine groups is 1. The summed E-state index contributed by atoms with van der Waals surface area (Å²) < 4.78 is 19.2. The van der Waals surface area contributed by atoms with Gasteiger partial charge in [0.1, 0.15) is 25.5 Å². The zero-order chi connectivity index (χ0) is 26.8. The van der Waals surface area contributed by atoms with Gasteiger partial charge in [-0.15, -0.1) is 0 Å². The minimum Gasteiger partial charge on any atom is -0.370 e. The number of hydrogen-bond donors (Lipinski definition) is 4. The summed E-state index contributed by atoms with van der Waals surface area (Å²) >= 11 is 3.31. The molecule has 0 radical (unpaired) electrons. The molecule has 198 valence electrons. The molecular weight excluding hydrogens is 539 g/mol. The number of carbonyl (C=O) groups is 4. The number of aliphatic imine (C=N–C) groups is 1. The highest BCUT2D eigenvalue weighted by molar-refractivity contribution is 9.10. The molecule has 1 aliphatic rings. The van der Waals surface area contributed by atoms with E-state index in [1.165, 1.54) is 4.90 Å². The highest BCUT2D eigenvalue weighted by Gasteiger charge is 2.40. The van der Waals surface area contributed by atoms with E-state index >= 15 is 0 Å². The molecule has 1 aliphatic heterocycles. The lowest BCUT2D eigenvalue weighted by Crippen LogP contribution is -2.57. The standard InChI is InChI=1S/C23H32BrFN6O5/c1-13(2)19(30-20(33)14-5-7-15(24)8-6-14)22(35)31-12-36-11-17(31)21(34)29-16(18(32)10-25)4-3-9-28-23(26)27/h5-8,13,16-17,19H,3-4,9-12H2,1-2H3,(H,29,34)(H,30,33)(H4,26,27,28). The summed E-state index contributed by atoms with van der Waals surface area (Å²) in [6, 6.07) is 3.58. The van der Waals surface area contributed by atoms with Crippen LogP contribution in [0.3, 0.4) is 0 Å². The smallest absolute Gasteiger partial charge is 0.251 e. The van der Waals surface area contributed by atoms with Crippen LogP contribution in [0.1, 0.15) is 37.0 Å². The minimum atomic E-state index is -1.26. The molecule has 3 amide bonds. The molecule has 0 saturated carbocycles. The molecule has 36 heavy (non-hydrogen) atoms. The third-order valence-corrected chi connectivity index (χ3v) is 6.10. The average molecular weight is 571 g/mol. The van der Waals surface area contributed by atoms with E-state index in [9.17, 15) is 23.6 Å². The topological polar surface area (TPSA) is 169 Å². The second kappa shape index (κ2) is 13.9. The minimum absolute atomic E-state index is 0.104. The van der Waals surface area contributed by atoms with Crippen LogP contribution in [-0.4, -0.2) is 79.0 Å². The van der Waals surface area contributed by atoms with Gasteiger partial charge in [-0.2, -0.15) is 0 Å². The Bertz CT molecular complexity index is 970. The van der Waals surface area contributed by atoms with Crippen molar-refractivity contribution < 1.29 is 28.3 Å². The maximum Gasteiger partial charge on any atom is 0.251 e. The van der Waals surface area contributed by atoms with Crippen LogP contribution < -0.4 is 22.1 Å². The van der Waals surface area contributed by atoms with Gasteiger partial charge in [0, 0.05) is 16.6 Å². The molecule has 0 spiro atoms. The Hall–Kier alpha value is -3.06. The zero-order valence-electron chi connectivity index (χ0n) is 20.2. The molecule has 1 saturated heterocycles. The van der Waals surface area contributed by atoms with E-state index < -0.39 is 48.3 Å². The number of benzene rings is 1. The van der Waals surface area contributed by atoms with E-state index in [0.29, 0.717) is 12.0 Å². The molecule has 3 unspecified atom stereocenters. The van der Waals surface area contributed by atoms with E-state index in [2.05, 4.69) is 31.6 Å². The van der Waals surface area contributed by atoms with Crippen LogP contribution in [-0.2, 0) is 19.1 Å². The number of nitrogens with zero attached hydrogens (tertiary/aromatic N) is 2. The summed E-state index contributed by atoms with van der Waals surface area (Å²) in [7, 11) is 0. The molecule has 2 rings (SSSR count). The fraction of sp³-hybridized carbons (Fsp3) is 0.522. The third-order valence-electron chi connectivity index (χ3n) is 5.58. The second-order valence-corrected chi connectivity index (χ2v) is 9.55. The fourth-order valence-electron chi connectivity index (χ4n) is 3.57. The maximum atomic E-state index is 13.4. The van der Waals surface area contributed by atoms with Gasteiger partial charge >= 0.3 is 0 Å². The second-order valence-electron chi connectivity index (χ2n) is 8.64. The summed E-state index contributed by atoms with van der Waals surface area (Å²) in [5.74, 6) is -2.81. The lowest BCUT2D eigenvalue weighted by molar-refractivity contribution is -0.141. The molecular formula is C23H32BrFN6O5. The van der Waals surface area contributed by atoms with Crippen molar-refractivity contribution in [1.29, 1.82) is 0 Å².